The van der Waals surface area contributed by atoms with Crippen LogP contribution in [-0.4, -0.2) is 21.4 Å². The predicted octanol–water partition coefficient (Wildman–Crippen LogP) is 4.33. The zero-order chi connectivity index (χ0) is 16.9. The highest BCUT2D eigenvalue weighted by atomic mass is 32.2. The number of nitrogens with one attached hydrogen (secondary N) is 2. The maximum atomic E-state index is 4.41. The number of hydrogen-bond donors (Lipinski definition) is 2. The second-order valence-corrected chi connectivity index (χ2v) is 6.55. The Hall–Kier alpha value is -2.60. The van der Waals surface area contributed by atoms with E-state index in [1.807, 2.05) is 30.3 Å². The van der Waals surface area contributed by atoms with Crippen LogP contribution in [0.3, 0.4) is 0 Å². The molecule has 24 heavy (non-hydrogen) atoms. The number of hydrazone groups is 1. The molecule has 0 aliphatic heterocycles. The maximum absolute atomic E-state index is 4.41. The normalized spacial score (nSPS) is 11.1. The number of benzene rings is 2. The van der Waals surface area contributed by atoms with Gasteiger partial charge in [0, 0.05) is 4.90 Å². The highest BCUT2D eigenvalue weighted by Crippen LogP contribution is 2.31. The molecule has 0 bridgehead atoms. The third-order valence-electron chi connectivity index (χ3n) is 3.45. The van der Waals surface area contributed by atoms with Crippen molar-refractivity contribution in [2.75, 3.05) is 5.43 Å². The molecular weight excluding hydrogens is 318 g/mol. The summed E-state index contributed by atoms with van der Waals surface area (Å²) in [6.45, 7) is 6.32. The second-order valence-electron chi connectivity index (χ2n) is 5.58. The van der Waals surface area contributed by atoms with Gasteiger partial charge in [-0.25, -0.2) is 10.5 Å². The zero-order valence-electron chi connectivity index (χ0n) is 13.9. The quantitative estimate of drug-likeness (QED) is 0.537. The number of aromatic nitrogens is 3. The Morgan fingerprint density at radius 3 is 2.50 bits per heavy atom. The molecule has 1 heterocycles. The summed E-state index contributed by atoms with van der Waals surface area (Å²) < 4.78 is 0. The second kappa shape index (κ2) is 7.31. The number of H-pyrrole nitrogens is 1. The molecule has 5 nitrogen and oxygen atoms in total. The van der Waals surface area contributed by atoms with Gasteiger partial charge in [0.1, 0.15) is 0 Å². The van der Waals surface area contributed by atoms with E-state index in [1.54, 1.807) is 18.0 Å². The van der Waals surface area contributed by atoms with Crippen LogP contribution in [0.25, 0.3) is 0 Å². The van der Waals surface area contributed by atoms with Crippen LogP contribution in [0.4, 0.5) is 5.95 Å². The van der Waals surface area contributed by atoms with Crippen molar-refractivity contribution in [3.05, 3.63) is 64.7 Å². The number of hydrogen-bond acceptors (Lipinski definition) is 5. The van der Waals surface area contributed by atoms with Gasteiger partial charge in [0.05, 0.1) is 6.21 Å². The van der Waals surface area contributed by atoms with E-state index in [2.05, 4.69) is 58.6 Å². The summed E-state index contributed by atoms with van der Waals surface area (Å²) in [5, 5.41) is 11.9. The lowest BCUT2D eigenvalue weighted by atomic mass is 10.1. The minimum atomic E-state index is 0.520. The molecule has 6 heteroatoms. The first kappa shape index (κ1) is 16.3. The van der Waals surface area contributed by atoms with Gasteiger partial charge in [-0.05, 0) is 49.2 Å². The third-order valence-corrected chi connectivity index (χ3v) is 4.66. The molecule has 3 aromatic rings. The molecule has 0 saturated carbocycles. The van der Waals surface area contributed by atoms with Gasteiger partial charge < -0.3 is 0 Å². The fourth-order valence-electron chi connectivity index (χ4n) is 2.47. The number of rotatable bonds is 5. The van der Waals surface area contributed by atoms with Crippen molar-refractivity contribution in [1.82, 2.24) is 15.2 Å². The van der Waals surface area contributed by atoms with Gasteiger partial charge in [-0.2, -0.15) is 10.1 Å². The van der Waals surface area contributed by atoms with Crippen molar-refractivity contribution in [2.45, 2.75) is 30.8 Å². The first-order chi connectivity index (χ1) is 11.6. The van der Waals surface area contributed by atoms with Crippen molar-refractivity contribution < 1.29 is 0 Å². The smallest absolute Gasteiger partial charge is 0.240 e. The summed E-state index contributed by atoms with van der Waals surface area (Å²) in [5.41, 5.74) is 7.62. The fraction of sp³-hybridized carbons (Fsp3) is 0.167. The molecule has 3 rings (SSSR count). The molecule has 0 atom stereocenters. The Kier molecular flexibility index (Phi) is 4.96. The summed E-state index contributed by atoms with van der Waals surface area (Å²) in [6, 6.07) is 14.2. The molecule has 122 valence electrons. The lowest BCUT2D eigenvalue weighted by molar-refractivity contribution is 0.970. The zero-order valence-corrected chi connectivity index (χ0v) is 14.7. The van der Waals surface area contributed by atoms with Crippen molar-refractivity contribution in [3.8, 4) is 0 Å². The minimum Gasteiger partial charge on any atom is -0.246 e. The molecule has 0 aliphatic carbocycles. The Labute approximate surface area is 145 Å². The highest BCUT2D eigenvalue weighted by molar-refractivity contribution is 7.99. The standard InChI is InChI=1S/C18H19N5S/c1-12-9-13(2)16(14(3)10-12)24-18-20-17(22-23-18)21-19-11-15-7-5-4-6-8-15/h4-11H,1-3H3,(H2,20,21,22,23)/b19-11-. The molecule has 2 N–H and O–H groups in total. The van der Waals surface area contributed by atoms with Crippen LogP contribution in [-0.2, 0) is 0 Å². The Balaban J connectivity index is 1.67. The lowest BCUT2D eigenvalue weighted by Crippen LogP contribution is -1.92. The van der Waals surface area contributed by atoms with E-state index in [0.29, 0.717) is 11.1 Å². The highest BCUT2D eigenvalue weighted by Gasteiger charge is 2.10. The van der Waals surface area contributed by atoms with E-state index in [1.165, 1.54) is 21.6 Å². The van der Waals surface area contributed by atoms with E-state index in [0.717, 1.165) is 5.56 Å². The summed E-state index contributed by atoms with van der Waals surface area (Å²) in [6.07, 6.45) is 1.74. The summed E-state index contributed by atoms with van der Waals surface area (Å²) in [7, 11) is 0. The first-order valence-corrected chi connectivity index (χ1v) is 8.46. The van der Waals surface area contributed by atoms with Crippen LogP contribution in [0.5, 0.6) is 0 Å². The number of nitrogens with zero attached hydrogens (tertiary/aromatic N) is 3. The molecule has 0 spiro atoms. The molecule has 0 radical (unpaired) electrons. The SMILES string of the molecule is Cc1cc(C)c(Sc2n[nH]c(N/N=C\c3ccccc3)n2)c(C)c1. The molecule has 0 fully saturated rings. The average molecular weight is 337 g/mol. The van der Waals surface area contributed by atoms with Crippen LogP contribution >= 0.6 is 11.8 Å². The van der Waals surface area contributed by atoms with Crippen molar-refractivity contribution in [1.29, 1.82) is 0 Å². The Morgan fingerprint density at radius 2 is 1.79 bits per heavy atom. The maximum Gasteiger partial charge on any atom is 0.240 e. The molecule has 0 unspecified atom stereocenters. The van der Waals surface area contributed by atoms with Gasteiger partial charge in [0.25, 0.3) is 0 Å². The largest absolute Gasteiger partial charge is 0.246 e. The minimum absolute atomic E-state index is 0.520. The first-order valence-electron chi connectivity index (χ1n) is 7.64. The van der Waals surface area contributed by atoms with Crippen molar-refractivity contribution in [2.24, 2.45) is 5.10 Å². The van der Waals surface area contributed by atoms with Crippen molar-refractivity contribution in [3.63, 3.8) is 0 Å². The van der Waals surface area contributed by atoms with Crippen LogP contribution in [0.15, 0.2) is 57.6 Å². The number of aromatic amines is 1. The monoisotopic (exact) mass is 337 g/mol. The molecule has 0 saturated heterocycles. The van der Waals surface area contributed by atoms with Crippen LogP contribution < -0.4 is 5.43 Å². The van der Waals surface area contributed by atoms with E-state index in [4.69, 9.17) is 0 Å². The molecule has 0 aliphatic rings. The van der Waals surface area contributed by atoms with Gasteiger partial charge in [-0.1, -0.05) is 48.0 Å². The predicted molar refractivity (Wildman–Crippen MR) is 98.8 cm³/mol. The molecule has 2 aromatic carbocycles. The fourth-order valence-corrected chi connectivity index (χ4v) is 3.32. The van der Waals surface area contributed by atoms with Crippen molar-refractivity contribution >= 4 is 23.9 Å². The molecular formula is C18H19N5S. The Bertz CT molecular complexity index is 832. The molecule has 1 aromatic heterocycles. The van der Waals surface area contributed by atoms with Crippen LogP contribution in [0, 0.1) is 20.8 Å². The van der Waals surface area contributed by atoms with Crippen LogP contribution in [0.2, 0.25) is 0 Å². The third kappa shape index (κ3) is 4.02. The summed E-state index contributed by atoms with van der Waals surface area (Å²) in [5.74, 6) is 0.520. The average Bonchev–Trinajstić information content (AvgIpc) is 2.99. The van der Waals surface area contributed by atoms with Gasteiger partial charge >= 0.3 is 0 Å². The van der Waals surface area contributed by atoms with E-state index >= 15 is 0 Å². The Morgan fingerprint density at radius 1 is 1.08 bits per heavy atom. The van der Waals surface area contributed by atoms with E-state index in [9.17, 15) is 0 Å². The molecule has 0 amide bonds. The van der Waals surface area contributed by atoms with E-state index in [-0.39, 0.29) is 0 Å². The number of anilines is 1. The van der Waals surface area contributed by atoms with Gasteiger partial charge in [0.15, 0.2) is 0 Å². The topological polar surface area (TPSA) is 66.0 Å². The lowest BCUT2D eigenvalue weighted by Gasteiger charge is -2.08. The van der Waals surface area contributed by atoms with E-state index < -0.39 is 0 Å². The van der Waals surface area contributed by atoms with Gasteiger partial charge in [-0.15, -0.1) is 5.10 Å². The van der Waals surface area contributed by atoms with Gasteiger partial charge in [0.2, 0.25) is 11.1 Å². The summed E-state index contributed by atoms with van der Waals surface area (Å²) in [4.78, 5) is 5.61. The summed E-state index contributed by atoms with van der Waals surface area (Å²) >= 11 is 1.55. The van der Waals surface area contributed by atoms with Gasteiger partial charge in [-0.3, -0.25) is 0 Å². The van der Waals surface area contributed by atoms with Crippen LogP contribution in [0.1, 0.15) is 22.3 Å². The number of aryl methyl sites for hydroxylation is 3.